The van der Waals surface area contributed by atoms with E-state index in [0.29, 0.717) is 18.1 Å². The number of carboxylic acids is 1. The highest BCUT2D eigenvalue weighted by molar-refractivity contribution is 5.95. The Bertz CT molecular complexity index is 1520. The molecule has 0 amide bonds. The lowest BCUT2D eigenvalue weighted by atomic mass is 10.0. The summed E-state index contributed by atoms with van der Waals surface area (Å²) in [5, 5.41) is 15.8. The smallest absolute Gasteiger partial charge is 0.337 e. The maximum absolute atomic E-state index is 12.4. The molecular formula is C30H26N4O3. The molecule has 0 atom stereocenters. The number of carboxylic acid groups (broad SMARTS) is 1. The van der Waals surface area contributed by atoms with Crippen LogP contribution in [0.25, 0.3) is 22.2 Å². The number of ketones is 1. The lowest BCUT2D eigenvalue weighted by molar-refractivity contribution is -0.117. The van der Waals surface area contributed by atoms with E-state index < -0.39 is 5.97 Å². The van der Waals surface area contributed by atoms with Crippen LogP contribution < -0.4 is 10.6 Å². The fraction of sp³-hybridized carbons (Fsp3) is 0.100. The summed E-state index contributed by atoms with van der Waals surface area (Å²) in [5.41, 5.74) is 6.55. The number of aromatic nitrogens is 2. The van der Waals surface area contributed by atoms with Gasteiger partial charge in [0.05, 0.1) is 35.2 Å². The first-order valence-corrected chi connectivity index (χ1v) is 12.0. The number of rotatable bonds is 10. The van der Waals surface area contributed by atoms with Crippen LogP contribution in [-0.2, 0) is 17.8 Å². The number of H-pyrrole nitrogens is 1. The number of anilines is 2. The summed E-state index contributed by atoms with van der Waals surface area (Å²) in [5.74, 6) is -0.219. The predicted molar refractivity (Wildman–Crippen MR) is 145 cm³/mol. The molecule has 0 aliphatic rings. The van der Waals surface area contributed by atoms with Gasteiger partial charge >= 0.3 is 5.97 Å². The van der Waals surface area contributed by atoms with Crippen LogP contribution in [0.1, 0.15) is 21.7 Å². The van der Waals surface area contributed by atoms with E-state index in [1.807, 2.05) is 66.7 Å². The van der Waals surface area contributed by atoms with Crippen molar-refractivity contribution in [2.75, 3.05) is 11.9 Å². The molecule has 4 N–H and O–H groups in total. The fourth-order valence-corrected chi connectivity index (χ4v) is 4.23. The first-order valence-electron chi connectivity index (χ1n) is 12.0. The van der Waals surface area contributed by atoms with E-state index in [1.165, 1.54) is 0 Å². The van der Waals surface area contributed by atoms with Crippen molar-refractivity contribution in [3.8, 4) is 11.1 Å². The molecule has 37 heavy (non-hydrogen) atoms. The van der Waals surface area contributed by atoms with Gasteiger partial charge in [0.1, 0.15) is 5.82 Å². The number of carbonyl (C=O) groups excluding carboxylic acids is 1. The second kappa shape index (κ2) is 10.9. The zero-order valence-corrected chi connectivity index (χ0v) is 20.1. The minimum atomic E-state index is -0.971. The maximum atomic E-state index is 12.4. The van der Waals surface area contributed by atoms with Crippen LogP contribution in [0, 0.1) is 0 Å². The van der Waals surface area contributed by atoms with Gasteiger partial charge in [0, 0.05) is 12.2 Å². The number of hydrogen-bond donors (Lipinski definition) is 4. The molecule has 1 aromatic heterocycles. The Kier molecular flexibility index (Phi) is 7.05. The monoisotopic (exact) mass is 490 g/mol. The standard InChI is InChI=1S/C30H26N4O3/c35-24(17-29-33-27-10-3-4-11-28(27)34-29)19-31-18-20-6-5-7-22(16-20)21-12-14-23(15-13-21)32-26-9-2-1-8-25(26)30(36)37/h1-16,31-32H,17-19H2,(H,33,34)(H,36,37). The van der Waals surface area contributed by atoms with E-state index in [4.69, 9.17) is 0 Å². The Morgan fingerprint density at radius 1 is 0.838 bits per heavy atom. The van der Waals surface area contributed by atoms with Crippen LogP contribution in [0.5, 0.6) is 0 Å². The third kappa shape index (κ3) is 5.91. The number of aromatic carboxylic acids is 1. The van der Waals surface area contributed by atoms with Crippen LogP contribution in [0.2, 0.25) is 0 Å². The molecule has 0 fully saturated rings. The van der Waals surface area contributed by atoms with E-state index in [1.54, 1.807) is 24.3 Å². The minimum absolute atomic E-state index is 0.0720. The molecule has 0 unspecified atom stereocenters. The highest BCUT2D eigenvalue weighted by Crippen LogP contribution is 2.25. The molecule has 1 heterocycles. The summed E-state index contributed by atoms with van der Waals surface area (Å²) in [7, 11) is 0. The first kappa shape index (κ1) is 24.0. The molecular weight excluding hydrogens is 464 g/mol. The molecule has 7 heteroatoms. The van der Waals surface area contributed by atoms with Crippen molar-refractivity contribution in [3.05, 3.63) is 114 Å². The summed E-state index contributed by atoms with van der Waals surface area (Å²) in [4.78, 5) is 31.5. The number of carbonyl (C=O) groups is 2. The van der Waals surface area contributed by atoms with Gasteiger partial charge in [0.2, 0.25) is 0 Å². The lowest BCUT2D eigenvalue weighted by Crippen LogP contribution is -2.24. The van der Waals surface area contributed by atoms with Gasteiger partial charge in [-0.15, -0.1) is 0 Å². The number of para-hydroxylation sites is 3. The third-order valence-electron chi connectivity index (χ3n) is 6.04. The molecule has 0 aliphatic carbocycles. The molecule has 184 valence electrons. The highest BCUT2D eigenvalue weighted by Gasteiger charge is 2.10. The number of fused-ring (bicyclic) bond motifs is 1. The molecule has 5 aromatic rings. The number of benzene rings is 4. The number of nitrogens with one attached hydrogen (secondary N) is 3. The first-order chi connectivity index (χ1) is 18.0. The van der Waals surface area contributed by atoms with E-state index in [9.17, 15) is 14.7 Å². The fourth-order valence-electron chi connectivity index (χ4n) is 4.23. The SMILES string of the molecule is O=C(CNCc1cccc(-c2ccc(Nc3ccccc3C(=O)O)cc2)c1)Cc1nc2ccccc2[nH]1. The van der Waals surface area contributed by atoms with Gasteiger partial charge in [-0.25, -0.2) is 9.78 Å². The zero-order chi connectivity index (χ0) is 25.6. The Balaban J connectivity index is 1.17. The topological polar surface area (TPSA) is 107 Å². The van der Waals surface area contributed by atoms with Crippen LogP contribution in [0.15, 0.2) is 97.1 Å². The summed E-state index contributed by atoms with van der Waals surface area (Å²) in [6.45, 7) is 0.838. The quantitative estimate of drug-likeness (QED) is 0.204. The molecule has 0 radical (unpaired) electrons. The van der Waals surface area contributed by atoms with E-state index in [2.05, 4.69) is 26.7 Å². The third-order valence-corrected chi connectivity index (χ3v) is 6.04. The van der Waals surface area contributed by atoms with Gasteiger partial charge < -0.3 is 20.7 Å². The average molecular weight is 491 g/mol. The second-order valence-corrected chi connectivity index (χ2v) is 8.77. The molecule has 0 aliphatic heterocycles. The molecule has 4 aromatic carbocycles. The molecule has 5 rings (SSSR count). The van der Waals surface area contributed by atoms with Crippen molar-refractivity contribution in [1.82, 2.24) is 15.3 Å². The van der Waals surface area contributed by atoms with Crippen LogP contribution >= 0.6 is 0 Å². The molecule has 0 saturated carbocycles. The number of hydrogen-bond acceptors (Lipinski definition) is 5. The Labute approximate surface area is 214 Å². The van der Waals surface area contributed by atoms with E-state index in [-0.39, 0.29) is 24.3 Å². The Hall–Kier alpha value is -4.75. The summed E-state index contributed by atoms with van der Waals surface area (Å²) in [6.07, 6.45) is 0.263. The van der Waals surface area contributed by atoms with Crippen molar-refractivity contribution < 1.29 is 14.7 Å². The second-order valence-electron chi connectivity index (χ2n) is 8.77. The van der Waals surface area contributed by atoms with Gasteiger partial charge in [-0.2, -0.15) is 0 Å². The minimum Gasteiger partial charge on any atom is -0.478 e. The number of aromatic amines is 1. The van der Waals surface area contributed by atoms with Crippen LogP contribution in [-0.4, -0.2) is 33.4 Å². The Morgan fingerprint density at radius 2 is 1.62 bits per heavy atom. The Morgan fingerprint density at radius 3 is 2.43 bits per heavy atom. The normalized spacial score (nSPS) is 10.9. The van der Waals surface area contributed by atoms with Crippen molar-refractivity contribution in [2.24, 2.45) is 0 Å². The zero-order valence-electron chi connectivity index (χ0n) is 20.1. The largest absolute Gasteiger partial charge is 0.478 e. The van der Waals surface area contributed by atoms with Gasteiger partial charge in [-0.1, -0.05) is 54.6 Å². The van der Waals surface area contributed by atoms with Crippen LogP contribution in [0.4, 0.5) is 11.4 Å². The van der Waals surface area contributed by atoms with Gasteiger partial charge in [0.25, 0.3) is 0 Å². The van der Waals surface area contributed by atoms with Crippen molar-refractivity contribution in [2.45, 2.75) is 13.0 Å². The van der Waals surface area contributed by atoms with Crippen molar-refractivity contribution in [1.29, 1.82) is 0 Å². The molecule has 0 bridgehead atoms. The lowest BCUT2D eigenvalue weighted by Gasteiger charge is -2.11. The van der Waals surface area contributed by atoms with E-state index >= 15 is 0 Å². The van der Waals surface area contributed by atoms with Crippen molar-refractivity contribution >= 4 is 34.2 Å². The molecule has 0 spiro atoms. The van der Waals surface area contributed by atoms with E-state index in [0.717, 1.165) is 33.4 Å². The summed E-state index contributed by atoms with van der Waals surface area (Å²) >= 11 is 0. The number of nitrogens with zero attached hydrogens (tertiary/aromatic N) is 1. The van der Waals surface area contributed by atoms with Gasteiger partial charge in [0.15, 0.2) is 5.78 Å². The van der Waals surface area contributed by atoms with Crippen LogP contribution in [0.3, 0.4) is 0 Å². The number of Topliss-reactive ketones (excluding diaryl/α,β-unsaturated/α-hetero) is 1. The highest BCUT2D eigenvalue weighted by atomic mass is 16.4. The number of imidazole rings is 1. The van der Waals surface area contributed by atoms with Crippen molar-refractivity contribution in [3.63, 3.8) is 0 Å². The summed E-state index contributed by atoms with van der Waals surface area (Å²) < 4.78 is 0. The average Bonchev–Trinajstić information content (AvgIpc) is 3.32. The maximum Gasteiger partial charge on any atom is 0.337 e. The predicted octanol–water partition coefficient (Wildman–Crippen LogP) is 5.57. The molecule has 0 saturated heterocycles. The molecule has 7 nitrogen and oxygen atoms in total. The summed E-state index contributed by atoms with van der Waals surface area (Å²) in [6, 6.07) is 30.6. The van der Waals surface area contributed by atoms with Gasteiger partial charge in [-0.05, 0) is 59.2 Å². The van der Waals surface area contributed by atoms with Gasteiger partial charge in [-0.3, -0.25) is 4.79 Å².